The van der Waals surface area contributed by atoms with Gasteiger partial charge in [-0.15, -0.1) is 0 Å². The number of anilines is 1. The predicted octanol–water partition coefficient (Wildman–Crippen LogP) is 2.95. The van der Waals surface area contributed by atoms with E-state index in [9.17, 15) is 9.59 Å². The van der Waals surface area contributed by atoms with Crippen molar-refractivity contribution in [3.05, 3.63) is 63.2 Å². The molecule has 28 heavy (non-hydrogen) atoms. The van der Waals surface area contributed by atoms with Crippen LogP contribution in [0.5, 0.6) is 0 Å². The number of nitrogens with zero attached hydrogens (tertiary/aromatic N) is 3. The molecule has 2 aliphatic rings. The van der Waals surface area contributed by atoms with Gasteiger partial charge in [-0.25, -0.2) is 4.68 Å². The largest absolute Gasteiger partial charge is 0.309 e. The molecule has 2 N–H and O–H groups in total. The van der Waals surface area contributed by atoms with Gasteiger partial charge in [-0.05, 0) is 31.9 Å². The Morgan fingerprint density at radius 1 is 1.11 bits per heavy atom. The fourth-order valence-electron chi connectivity index (χ4n) is 4.53. The Kier molecular flexibility index (Phi) is 3.79. The van der Waals surface area contributed by atoms with Crippen LogP contribution in [0.2, 0.25) is 0 Å². The summed E-state index contributed by atoms with van der Waals surface area (Å²) in [6, 6.07) is 9.60. The van der Waals surface area contributed by atoms with Gasteiger partial charge in [-0.2, -0.15) is 5.10 Å². The number of H-pyrrole nitrogens is 1. The lowest BCUT2D eigenvalue weighted by Gasteiger charge is -2.29. The molecule has 1 saturated carbocycles. The summed E-state index contributed by atoms with van der Waals surface area (Å²) in [4.78, 5) is 25.9. The van der Waals surface area contributed by atoms with Crippen LogP contribution >= 0.6 is 0 Å². The molecule has 2 aromatic heterocycles. The Morgan fingerprint density at radius 3 is 2.54 bits per heavy atom. The SMILES string of the molecule is Cc1c([C@H]2CC(=O)Nc3n[nH]c(C4CCC4)c32)c(=O)n(-c2ccccc2)n1C. The number of benzene rings is 1. The van der Waals surface area contributed by atoms with Crippen LogP contribution in [0.3, 0.4) is 0 Å². The number of fused-ring (bicyclic) bond motifs is 1. The lowest BCUT2D eigenvalue weighted by Crippen LogP contribution is -2.28. The minimum atomic E-state index is -0.276. The second kappa shape index (κ2) is 6.22. The standard InChI is InChI=1S/C21H23N5O2/c1-12-17(21(28)26(25(12)2)14-9-4-3-5-10-14)15-11-16(27)22-20-18(15)19(23-24-20)13-7-6-8-13/h3-5,9-10,13,15H,6-8,11H2,1-2H3,(H2,22,23,24,27)/t15-/m1/s1. The summed E-state index contributed by atoms with van der Waals surface area (Å²) in [6.45, 7) is 1.95. The Hall–Kier alpha value is -3.09. The summed E-state index contributed by atoms with van der Waals surface area (Å²) in [7, 11) is 1.89. The van der Waals surface area contributed by atoms with Gasteiger partial charge in [-0.3, -0.25) is 19.4 Å². The van der Waals surface area contributed by atoms with Crippen molar-refractivity contribution >= 4 is 11.7 Å². The van der Waals surface area contributed by atoms with Crippen molar-refractivity contribution < 1.29 is 4.79 Å². The van der Waals surface area contributed by atoms with Crippen LogP contribution in [-0.4, -0.2) is 25.5 Å². The second-order valence-corrected chi connectivity index (χ2v) is 7.81. The van der Waals surface area contributed by atoms with E-state index in [2.05, 4.69) is 15.5 Å². The topological polar surface area (TPSA) is 84.7 Å². The molecule has 1 aliphatic carbocycles. The molecule has 0 saturated heterocycles. The molecule has 3 heterocycles. The summed E-state index contributed by atoms with van der Waals surface area (Å²) < 4.78 is 3.56. The van der Waals surface area contributed by atoms with Crippen LogP contribution in [-0.2, 0) is 11.8 Å². The van der Waals surface area contributed by atoms with Crippen molar-refractivity contribution in [2.45, 2.75) is 44.4 Å². The molecule has 1 fully saturated rings. The zero-order valence-corrected chi connectivity index (χ0v) is 16.0. The molecule has 7 heteroatoms. The lowest BCUT2D eigenvalue weighted by molar-refractivity contribution is -0.116. The van der Waals surface area contributed by atoms with Gasteiger partial charge in [0.2, 0.25) is 5.91 Å². The molecule has 1 atom stereocenters. The smallest absolute Gasteiger partial charge is 0.275 e. The van der Waals surface area contributed by atoms with Gasteiger partial charge >= 0.3 is 0 Å². The van der Waals surface area contributed by atoms with E-state index < -0.39 is 0 Å². The third-order valence-electron chi connectivity index (χ3n) is 6.29. The van der Waals surface area contributed by atoms with Gasteiger partial charge in [0, 0.05) is 47.8 Å². The van der Waals surface area contributed by atoms with Crippen molar-refractivity contribution in [2.24, 2.45) is 7.05 Å². The van der Waals surface area contributed by atoms with Gasteiger partial charge in [0.15, 0.2) is 5.82 Å². The molecule has 0 spiro atoms. The van der Waals surface area contributed by atoms with E-state index in [4.69, 9.17) is 0 Å². The maximum atomic E-state index is 13.5. The third kappa shape index (κ3) is 2.38. The molecule has 1 aliphatic heterocycles. The normalized spacial score (nSPS) is 19.2. The number of amides is 1. The van der Waals surface area contributed by atoms with Gasteiger partial charge in [0.1, 0.15) is 0 Å². The highest BCUT2D eigenvalue weighted by Crippen LogP contribution is 2.45. The van der Waals surface area contributed by atoms with E-state index >= 15 is 0 Å². The van der Waals surface area contributed by atoms with Crippen LogP contribution < -0.4 is 10.9 Å². The van der Waals surface area contributed by atoms with Crippen molar-refractivity contribution in [3.63, 3.8) is 0 Å². The van der Waals surface area contributed by atoms with Crippen LogP contribution in [0, 0.1) is 6.92 Å². The number of rotatable bonds is 3. The number of aromatic amines is 1. The molecule has 144 valence electrons. The Balaban J connectivity index is 1.70. The van der Waals surface area contributed by atoms with E-state index in [1.54, 1.807) is 4.68 Å². The summed E-state index contributed by atoms with van der Waals surface area (Å²) >= 11 is 0. The van der Waals surface area contributed by atoms with Crippen molar-refractivity contribution in [3.8, 4) is 5.69 Å². The summed E-state index contributed by atoms with van der Waals surface area (Å²) in [5.74, 6) is 0.644. The first-order valence-corrected chi connectivity index (χ1v) is 9.78. The molecule has 0 bridgehead atoms. The molecule has 0 unspecified atom stereocenters. The first-order chi connectivity index (χ1) is 13.6. The maximum Gasteiger partial charge on any atom is 0.275 e. The molecule has 1 amide bonds. The monoisotopic (exact) mass is 377 g/mol. The first-order valence-electron chi connectivity index (χ1n) is 9.78. The summed E-state index contributed by atoms with van der Waals surface area (Å²) in [5.41, 5.74) is 4.38. The van der Waals surface area contributed by atoms with Crippen LogP contribution in [0.4, 0.5) is 5.82 Å². The van der Waals surface area contributed by atoms with E-state index in [-0.39, 0.29) is 23.8 Å². The number of hydrogen-bond donors (Lipinski definition) is 2. The minimum absolute atomic E-state index is 0.0717. The molecule has 5 rings (SSSR count). The number of carbonyl (C=O) groups excluding carboxylic acids is 1. The second-order valence-electron chi connectivity index (χ2n) is 7.81. The molecule has 1 aromatic carbocycles. The van der Waals surface area contributed by atoms with E-state index in [0.717, 1.165) is 35.5 Å². The van der Waals surface area contributed by atoms with E-state index in [0.29, 0.717) is 17.3 Å². The Labute approximate surface area is 162 Å². The van der Waals surface area contributed by atoms with Crippen LogP contribution in [0.1, 0.15) is 60.0 Å². The highest BCUT2D eigenvalue weighted by Gasteiger charge is 2.38. The van der Waals surface area contributed by atoms with E-state index in [1.807, 2.05) is 49.0 Å². The zero-order valence-electron chi connectivity index (χ0n) is 16.0. The number of nitrogens with one attached hydrogen (secondary N) is 2. The highest BCUT2D eigenvalue weighted by atomic mass is 16.2. The minimum Gasteiger partial charge on any atom is -0.309 e. The predicted molar refractivity (Wildman–Crippen MR) is 106 cm³/mol. The molecular formula is C21H23N5O2. The van der Waals surface area contributed by atoms with Gasteiger partial charge in [0.25, 0.3) is 5.56 Å². The molecule has 3 aromatic rings. The first kappa shape index (κ1) is 17.0. The fourth-order valence-corrected chi connectivity index (χ4v) is 4.53. The molecular weight excluding hydrogens is 354 g/mol. The quantitative estimate of drug-likeness (QED) is 0.736. The van der Waals surface area contributed by atoms with Crippen LogP contribution in [0.15, 0.2) is 35.1 Å². The highest BCUT2D eigenvalue weighted by molar-refractivity contribution is 5.94. The van der Waals surface area contributed by atoms with Gasteiger partial charge < -0.3 is 5.32 Å². The molecule has 0 radical (unpaired) electrons. The van der Waals surface area contributed by atoms with Crippen molar-refractivity contribution in [1.82, 2.24) is 19.6 Å². The number of para-hydroxylation sites is 1. The zero-order chi connectivity index (χ0) is 19.4. The Bertz CT molecular complexity index is 1120. The maximum absolute atomic E-state index is 13.5. The van der Waals surface area contributed by atoms with Crippen molar-refractivity contribution in [2.75, 3.05) is 5.32 Å². The number of aromatic nitrogens is 4. The van der Waals surface area contributed by atoms with Gasteiger partial charge in [-0.1, -0.05) is 24.6 Å². The van der Waals surface area contributed by atoms with Crippen LogP contribution in [0.25, 0.3) is 5.69 Å². The fraction of sp³-hybridized carbons (Fsp3) is 0.381. The third-order valence-corrected chi connectivity index (χ3v) is 6.29. The summed E-state index contributed by atoms with van der Waals surface area (Å²) in [6.07, 6.45) is 3.72. The number of hydrogen-bond acceptors (Lipinski definition) is 3. The summed E-state index contributed by atoms with van der Waals surface area (Å²) in [5, 5.41) is 10.4. The average Bonchev–Trinajstić information content (AvgIpc) is 3.13. The Morgan fingerprint density at radius 2 is 1.86 bits per heavy atom. The molecule has 7 nitrogen and oxygen atoms in total. The van der Waals surface area contributed by atoms with Gasteiger partial charge in [0.05, 0.1) is 5.69 Å². The van der Waals surface area contributed by atoms with Crippen molar-refractivity contribution in [1.29, 1.82) is 0 Å². The lowest BCUT2D eigenvalue weighted by atomic mass is 9.77. The number of carbonyl (C=O) groups is 1. The van der Waals surface area contributed by atoms with E-state index in [1.165, 1.54) is 6.42 Å². The average molecular weight is 377 g/mol.